The Morgan fingerprint density at radius 2 is 1.80 bits per heavy atom. The number of nitrogens with zero attached hydrogens (tertiary/aromatic N) is 2. The molecular weight excluding hydrogens is 471 g/mol. The van der Waals surface area contributed by atoms with Crippen LogP contribution in [0.5, 0.6) is 5.75 Å². The summed E-state index contributed by atoms with van der Waals surface area (Å²) in [6.45, 7) is 4.18. The van der Waals surface area contributed by atoms with Crippen molar-refractivity contribution in [3.8, 4) is 17.0 Å². The minimum Gasteiger partial charge on any atom is -0.493 e. The van der Waals surface area contributed by atoms with E-state index in [4.69, 9.17) is 4.74 Å². The van der Waals surface area contributed by atoms with Crippen molar-refractivity contribution in [1.29, 1.82) is 0 Å². The molecule has 0 radical (unpaired) electrons. The standard InChI is InChI=1S/C27H26F3N3OS/c1-18-8-10-20(11-9-18)6-3-4-15-34-24-13-12-22(16-23(24)27(28,29)30)32-26-33-25(19(2)35-26)21-7-5-14-31-17-21/h5,7-14,16-17H,3-4,6,15H2,1-2H3,(H,32,33). The Hall–Kier alpha value is -3.39. The van der Waals surface area contributed by atoms with Crippen LogP contribution in [0.3, 0.4) is 0 Å². The first-order chi connectivity index (χ1) is 16.8. The van der Waals surface area contributed by atoms with E-state index in [9.17, 15) is 13.2 Å². The molecule has 4 aromatic rings. The third-order valence-corrected chi connectivity index (χ3v) is 6.39. The van der Waals surface area contributed by atoms with Gasteiger partial charge in [0.2, 0.25) is 0 Å². The van der Waals surface area contributed by atoms with Crippen molar-refractivity contribution in [3.63, 3.8) is 0 Å². The molecule has 0 bridgehead atoms. The number of thiazole rings is 1. The quantitative estimate of drug-likeness (QED) is 0.238. The van der Waals surface area contributed by atoms with Gasteiger partial charge in [0.05, 0.1) is 17.9 Å². The molecule has 0 aliphatic heterocycles. The number of anilines is 2. The lowest BCUT2D eigenvalue weighted by atomic mass is 10.1. The molecular formula is C27H26F3N3OS. The lowest BCUT2D eigenvalue weighted by Crippen LogP contribution is -2.10. The molecule has 2 aromatic carbocycles. The smallest absolute Gasteiger partial charge is 0.420 e. The van der Waals surface area contributed by atoms with Gasteiger partial charge in [-0.15, -0.1) is 11.3 Å². The van der Waals surface area contributed by atoms with Crippen LogP contribution in [0.4, 0.5) is 24.0 Å². The minimum atomic E-state index is -4.53. The van der Waals surface area contributed by atoms with Crippen molar-refractivity contribution in [2.24, 2.45) is 0 Å². The maximum Gasteiger partial charge on any atom is 0.420 e. The number of halogens is 3. The Morgan fingerprint density at radius 1 is 1.00 bits per heavy atom. The Kier molecular flexibility index (Phi) is 7.70. The zero-order valence-corrected chi connectivity index (χ0v) is 20.3. The average molecular weight is 498 g/mol. The molecule has 2 aromatic heterocycles. The van der Waals surface area contributed by atoms with E-state index in [-0.39, 0.29) is 12.4 Å². The maximum absolute atomic E-state index is 13.8. The summed E-state index contributed by atoms with van der Waals surface area (Å²) in [7, 11) is 0. The molecule has 1 N–H and O–H groups in total. The molecule has 4 nitrogen and oxygen atoms in total. The Morgan fingerprint density at radius 3 is 2.51 bits per heavy atom. The van der Waals surface area contributed by atoms with Crippen molar-refractivity contribution >= 4 is 22.2 Å². The highest BCUT2D eigenvalue weighted by Gasteiger charge is 2.34. The molecule has 0 fully saturated rings. The predicted molar refractivity (Wildman–Crippen MR) is 134 cm³/mol. The molecule has 0 amide bonds. The van der Waals surface area contributed by atoms with Crippen LogP contribution in [0.1, 0.15) is 34.4 Å². The Labute approximate surface area is 206 Å². The summed E-state index contributed by atoms with van der Waals surface area (Å²) < 4.78 is 46.8. The molecule has 0 aliphatic carbocycles. The highest BCUT2D eigenvalue weighted by molar-refractivity contribution is 7.16. The van der Waals surface area contributed by atoms with Gasteiger partial charge in [-0.2, -0.15) is 13.2 Å². The molecule has 0 saturated heterocycles. The van der Waals surface area contributed by atoms with E-state index in [1.165, 1.54) is 28.5 Å². The zero-order chi connectivity index (χ0) is 24.8. The summed E-state index contributed by atoms with van der Waals surface area (Å²) in [5.74, 6) is -0.162. The number of alkyl halides is 3. The van der Waals surface area contributed by atoms with Crippen LogP contribution in [0.25, 0.3) is 11.3 Å². The SMILES string of the molecule is Cc1ccc(CCCCOc2ccc(Nc3nc(-c4cccnc4)c(C)s3)cc2C(F)(F)F)cc1. The number of aromatic nitrogens is 2. The minimum absolute atomic E-state index is 0.162. The fourth-order valence-corrected chi connectivity index (χ4v) is 4.52. The molecule has 0 atom stereocenters. The van der Waals surface area contributed by atoms with Gasteiger partial charge in [0.25, 0.3) is 0 Å². The van der Waals surface area contributed by atoms with Crippen LogP contribution in [-0.4, -0.2) is 16.6 Å². The molecule has 2 heterocycles. The predicted octanol–water partition coefficient (Wildman–Crippen LogP) is 7.99. The second-order valence-corrected chi connectivity index (χ2v) is 9.49. The van der Waals surface area contributed by atoms with Crippen molar-refractivity contribution in [3.05, 3.63) is 88.6 Å². The Balaban J connectivity index is 1.40. The largest absolute Gasteiger partial charge is 0.493 e. The number of hydrogen-bond acceptors (Lipinski definition) is 5. The number of hydrogen-bond donors (Lipinski definition) is 1. The van der Waals surface area contributed by atoms with E-state index in [0.717, 1.165) is 35.0 Å². The molecule has 8 heteroatoms. The van der Waals surface area contributed by atoms with E-state index in [1.807, 2.05) is 26.0 Å². The van der Waals surface area contributed by atoms with Gasteiger partial charge < -0.3 is 10.1 Å². The number of benzene rings is 2. The summed E-state index contributed by atoms with van der Waals surface area (Å²) in [5.41, 5.74) is 3.53. The highest BCUT2D eigenvalue weighted by atomic mass is 32.1. The molecule has 0 unspecified atom stereocenters. The number of aryl methyl sites for hydroxylation is 3. The lowest BCUT2D eigenvalue weighted by Gasteiger charge is -2.15. The number of ether oxygens (including phenoxy) is 1. The monoisotopic (exact) mass is 497 g/mol. The van der Waals surface area contributed by atoms with Crippen LogP contribution in [-0.2, 0) is 12.6 Å². The van der Waals surface area contributed by atoms with Gasteiger partial charge in [0.15, 0.2) is 5.13 Å². The van der Waals surface area contributed by atoms with E-state index >= 15 is 0 Å². The molecule has 0 spiro atoms. The van der Waals surface area contributed by atoms with Gasteiger partial charge in [0.1, 0.15) is 5.75 Å². The van der Waals surface area contributed by atoms with E-state index in [0.29, 0.717) is 17.2 Å². The number of nitrogens with one attached hydrogen (secondary N) is 1. The van der Waals surface area contributed by atoms with Crippen molar-refractivity contribution in [2.75, 3.05) is 11.9 Å². The van der Waals surface area contributed by atoms with E-state index in [1.54, 1.807) is 18.5 Å². The van der Waals surface area contributed by atoms with E-state index in [2.05, 4.69) is 39.6 Å². The van der Waals surface area contributed by atoms with Gasteiger partial charge in [-0.25, -0.2) is 4.98 Å². The first kappa shape index (κ1) is 24.7. The number of rotatable bonds is 9. The summed E-state index contributed by atoms with van der Waals surface area (Å²) in [5, 5.41) is 3.52. The van der Waals surface area contributed by atoms with Crippen LogP contribution >= 0.6 is 11.3 Å². The second-order valence-electron chi connectivity index (χ2n) is 8.29. The second kappa shape index (κ2) is 10.9. The first-order valence-electron chi connectivity index (χ1n) is 11.3. The third kappa shape index (κ3) is 6.60. The van der Waals surface area contributed by atoms with Gasteiger partial charge >= 0.3 is 6.18 Å². The van der Waals surface area contributed by atoms with Gasteiger partial charge in [-0.05, 0) is 69.0 Å². The van der Waals surface area contributed by atoms with Crippen molar-refractivity contribution < 1.29 is 17.9 Å². The number of pyridine rings is 1. The summed E-state index contributed by atoms with van der Waals surface area (Å²) >= 11 is 1.38. The van der Waals surface area contributed by atoms with Crippen molar-refractivity contribution in [2.45, 2.75) is 39.3 Å². The average Bonchev–Trinajstić information content (AvgIpc) is 3.20. The maximum atomic E-state index is 13.8. The van der Waals surface area contributed by atoms with E-state index < -0.39 is 11.7 Å². The zero-order valence-electron chi connectivity index (χ0n) is 19.5. The van der Waals surface area contributed by atoms with Crippen LogP contribution in [0.15, 0.2) is 67.0 Å². The van der Waals surface area contributed by atoms with Gasteiger partial charge in [0, 0.05) is 28.5 Å². The normalized spacial score (nSPS) is 11.5. The molecule has 35 heavy (non-hydrogen) atoms. The molecule has 0 aliphatic rings. The fourth-order valence-electron chi connectivity index (χ4n) is 3.67. The fraction of sp³-hybridized carbons (Fsp3) is 0.259. The lowest BCUT2D eigenvalue weighted by molar-refractivity contribution is -0.138. The highest BCUT2D eigenvalue weighted by Crippen LogP contribution is 2.39. The Bertz CT molecular complexity index is 1260. The summed E-state index contributed by atoms with van der Waals surface area (Å²) in [6.07, 6.45) is 1.23. The summed E-state index contributed by atoms with van der Waals surface area (Å²) in [6, 6.07) is 16.0. The van der Waals surface area contributed by atoms with Crippen LogP contribution < -0.4 is 10.1 Å². The summed E-state index contributed by atoms with van der Waals surface area (Å²) in [4.78, 5) is 9.59. The van der Waals surface area contributed by atoms with Gasteiger partial charge in [-0.3, -0.25) is 4.98 Å². The third-order valence-electron chi connectivity index (χ3n) is 5.51. The molecule has 182 valence electrons. The van der Waals surface area contributed by atoms with Crippen molar-refractivity contribution in [1.82, 2.24) is 9.97 Å². The number of unbranched alkanes of at least 4 members (excludes halogenated alkanes) is 1. The van der Waals surface area contributed by atoms with Gasteiger partial charge in [-0.1, -0.05) is 29.8 Å². The molecule has 0 saturated carbocycles. The van der Waals surface area contributed by atoms with Crippen LogP contribution in [0, 0.1) is 13.8 Å². The first-order valence-corrected chi connectivity index (χ1v) is 12.2. The van der Waals surface area contributed by atoms with Crippen LogP contribution in [0.2, 0.25) is 0 Å². The molecule has 4 rings (SSSR count). The topological polar surface area (TPSA) is 47.0 Å².